The molecule has 1 aliphatic rings. The lowest BCUT2D eigenvalue weighted by Gasteiger charge is -2.27. The van der Waals surface area contributed by atoms with Gasteiger partial charge in [-0.15, -0.1) is 0 Å². The van der Waals surface area contributed by atoms with E-state index in [-0.39, 0.29) is 5.41 Å². The second kappa shape index (κ2) is 9.23. The fourth-order valence-electron chi connectivity index (χ4n) is 6.95. The third-order valence-electron chi connectivity index (χ3n) is 9.57. The van der Waals surface area contributed by atoms with Crippen molar-refractivity contribution in [1.82, 2.24) is 0 Å². The van der Waals surface area contributed by atoms with E-state index >= 15 is 0 Å². The number of benzene rings is 5. The fraction of sp³-hybridized carbons (Fsp3) is 0.282. The number of aryl methyl sites for hydroxylation is 4. The van der Waals surface area contributed by atoms with E-state index in [1.165, 1.54) is 77.5 Å². The van der Waals surface area contributed by atoms with Crippen LogP contribution in [0.15, 0.2) is 84.9 Å². The van der Waals surface area contributed by atoms with Gasteiger partial charge in [0.2, 0.25) is 0 Å². The second-order valence-electron chi connectivity index (χ2n) is 12.6. The second-order valence-corrected chi connectivity index (χ2v) is 12.6. The average Bonchev–Trinajstić information content (AvgIpc) is 3.15. The molecule has 1 aliphatic carbocycles. The molecule has 0 heteroatoms. The van der Waals surface area contributed by atoms with E-state index in [1.807, 2.05) is 0 Å². The zero-order chi connectivity index (χ0) is 27.6. The molecule has 196 valence electrons. The van der Waals surface area contributed by atoms with Gasteiger partial charge in [-0.25, -0.2) is 0 Å². The lowest BCUT2D eigenvalue weighted by Crippen LogP contribution is -2.16. The summed E-state index contributed by atoms with van der Waals surface area (Å²) >= 11 is 0. The molecule has 0 radical (unpaired) electrons. The predicted octanol–water partition coefficient (Wildman–Crippen LogP) is 11.0. The quantitative estimate of drug-likeness (QED) is 0.226. The molecule has 0 spiro atoms. The van der Waals surface area contributed by atoms with Crippen molar-refractivity contribution in [3.8, 4) is 22.3 Å². The maximum atomic E-state index is 2.52. The van der Waals surface area contributed by atoms with Crippen LogP contribution in [0.2, 0.25) is 0 Å². The van der Waals surface area contributed by atoms with Gasteiger partial charge in [0.15, 0.2) is 0 Å². The highest BCUT2D eigenvalue weighted by Gasteiger charge is 2.37. The van der Waals surface area contributed by atoms with Gasteiger partial charge >= 0.3 is 0 Å². The van der Waals surface area contributed by atoms with E-state index in [2.05, 4.69) is 140 Å². The monoisotopic (exact) mass is 508 g/mol. The largest absolute Gasteiger partial charge is 0.0616 e. The highest BCUT2D eigenvalue weighted by molar-refractivity contribution is 6.03. The Morgan fingerprint density at radius 2 is 1.21 bits per heavy atom. The molecule has 0 aromatic heterocycles. The summed E-state index contributed by atoms with van der Waals surface area (Å²) in [6.45, 7) is 18.5. The van der Waals surface area contributed by atoms with Crippen LogP contribution in [0.4, 0.5) is 0 Å². The summed E-state index contributed by atoms with van der Waals surface area (Å²) in [6, 6.07) is 32.5. The van der Waals surface area contributed by atoms with Crippen molar-refractivity contribution in [3.05, 3.63) is 129 Å². The number of hydrogen-bond donors (Lipinski definition) is 0. The normalized spacial score (nSPS) is 15.2. The van der Waals surface area contributed by atoms with Crippen molar-refractivity contribution in [1.29, 1.82) is 0 Å². The molecule has 0 amide bonds. The van der Waals surface area contributed by atoms with Gasteiger partial charge in [-0.05, 0) is 106 Å². The molecule has 39 heavy (non-hydrogen) atoms. The Kier molecular flexibility index (Phi) is 6.07. The molecule has 6 rings (SSSR count). The molecule has 0 nitrogen and oxygen atoms in total. The Labute approximate surface area is 234 Å². The summed E-state index contributed by atoms with van der Waals surface area (Å²) < 4.78 is 0. The van der Waals surface area contributed by atoms with Crippen LogP contribution in [0, 0.1) is 27.7 Å². The lowest BCUT2D eigenvalue weighted by atomic mass is 9.77. The first-order chi connectivity index (χ1) is 18.6. The Balaban J connectivity index is 1.45. The van der Waals surface area contributed by atoms with Gasteiger partial charge in [-0.2, -0.15) is 0 Å². The predicted molar refractivity (Wildman–Crippen MR) is 169 cm³/mol. The maximum Gasteiger partial charge on any atom is 0.0159 e. The van der Waals surface area contributed by atoms with Gasteiger partial charge in [0.1, 0.15) is 0 Å². The zero-order valence-electron chi connectivity index (χ0n) is 24.7. The number of fused-ring (bicyclic) bond motifs is 5. The fourth-order valence-corrected chi connectivity index (χ4v) is 6.95. The molecule has 0 N–H and O–H groups in total. The minimum absolute atomic E-state index is 0.0217. The number of hydrogen-bond acceptors (Lipinski definition) is 0. The van der Waals surface area contributed by atoms with Crippen LogP contribution < -0.4 is 0 Å². The third kappa shape index (κ3) is 4.04. The summed E-state index contributed by atoms with van der Waals surface area (Å²) in [7, 11) is 0. The molecule has 5 aromatic rings. The topological polar surface area (TPSA) is 0 Å². The van der Waals surface area contributed by atoms with E-state index in [0.29, 0.717) is 11.8 Å². The third-order valence-corrected chi connectivity index (χ3v) is 9.57. The Bertz CT molecular complexity index is 1750. The highest BCUT2D eigenvalue weighted by Crippen LogP contribution is 2.53. The van der Waals surface area contributed by atoms with Gasteiger partial charge < -0.3 is 0 Å². The van der Waals surface area contributed by atoms with Crippen LogP contribution in [0.3, 0.4) is 0 Å². The molecular weight excluding hydrogens is 468 g/mol. The van der Waals surface area contributed by atoms with E-state index in [9.17, 15) is 0 Å². The van der Waals surface area contributed by atoms with Gasteiger partial charge in [-0.3, -0.25) is 0 Å². The van der Waals surface area contributed by atoms with Crippen LogP contribution in [0.25, 0.3) is 33.0 Å². The van der Waals surface area contributed by atoms with E-state index < -0.39 is 0 Å². The van der Waals surface area contributed by atoms with Gasteiger partial charge in [0, 0.05) is 5.41 Å². The molecule has 0 bridgehead atoms. The molecule has 0 heterocycles. The number of rotatable bonds is 4. The maximum absolute atomic E-state index is 2.52. The van der Waals surface area contributed by atoms with Crippen LogP contribution in [0.5, 0.6) is 0 Å². The molecule has 2 atom stereocenters. The lowest BCUT2D eigenvalue weighted by molar-refractivity contribution is 0.617. The van der Waals surface area contributed by atoms with Gasteiger partial charge in [0.25, 0.3) is 0 Å². The minimum Gasteiger partial charge on any atom is -0.0616 e. The molecule has 0 aliphatic heterocycles. The first kappa shape index (κ1) is 25.6. The van der Waals surface area contributed by atoms with Crippen molar-refractivity contribution in [3.63, 3.8) is 0 Å². The summed E-state index contributed by atoms with van der Waals surface area (Å²) in [5.74, 6) is 0.772. The van der Waals surface area contributed by atoms with Gasteiger partial charge in [0.05, 0.1) is 0 Å². The van der Waals surface area contributed by atoms with Crippen molar-refractivity contribution >= 4 is 10.8 Å². The van der Waals surface area contributed by atoms with Crippen molar-refractivity contribution in [2.75, 3.05) is 0 Å². The van der Waals surface area contributed by atoms with E-state index in [0.717, 1.165) is 0 Å². The Hall–Kier alpha value is -3.64. The summed E-state index contributed by atoms with van der Waals surface area (Å²) in [6.07, 6.45) is 0. The highest BCUT2D eigenvalue weighted by atomic mass is 14.4. The Morgan fingerprint density at radius 1 is 0.538 bits per heavy atom. The summed E-state index contributed by atoms with van der Waals surface area (Å²) in [4.78, 5) is 0. The van der Waals surface area contributed by atoms with E-state index in [1.54, 1.807) is 0 Å². The standard InChI is InChI=1S/C39H40/c1-23-13-15-25(3)34(19-23)35-20-24(2)14-17-31(35)28(6)27(5)29-16-18-33-36(22-29)39(7,8)37-21-26(4)30-11-9-10-12-32(30)38(33)37/h9-22,27-28H,1-8H3. The SMILES string of the molecule is Cc1ccc(C)c(-c2cc(C)ccc2C(C)C(C)c2ccc3c(c2)C(C)(C)c2cc(C)c4ccccc4c2-3)c1. The van der Waals surface area contributed by atoms with Gasteiger partial charge in [-0.1, -0.05) is 124 Å². The molecular formula is C39H40. The molecule has 5 aromatic carbocycles. The molecule has 0 saturated heterocycles. The van der Waals surface area contributed by atoms with E-state index in [4.69, 9.17) is 0 Å². The molecule has 0 saturated carbocycles. The van der Waals surface area contributed by atoms with Crippen molar-refractivity contribution in [2.45, 2.75) is 72.6 Å². The summed E-state index contributed by atoms with van der Waals surface area (Å²) in [5, 5.41) is 2.75. The zero-order valence-corrected chi connectivity index (χ0v) is 24.7. The minimum atomic E-state index is -0.0217. The first-order valence-electron chi connectivity index (χ1n) is 14.4. The molecule has 0 fully saturated rings. The average molecular weight is 509 g/mol. The first-order valence-corrected chi connectivity index (χ1v) is 14.4. The van der Waals surface area contributed by atoms with Crippen LogP contribution in [0.1, 0.15) is 84.0 Å². The van der Waals surface area contributed by atoms with Crippen molar-refractivity contribution in [2.24, 2.45) is 0 Å². The smallest absolute Gasteiger partial charge is 0.0159 e. The van der Waals surface area contributed by atoms with Crippen LogP contribution >= 0.6 is 0 Å². The Morgan fingerprint density at radius 3 is 1.95 bits per heavy atom. The van der Waals surface area contributed by atoms with Crippen molar-refractivity contribution < 1.29 is 0 Å². The summed E-state index contributed by atoms with van der Waals surface area (Å²) in [5.41, 5.74) is 16.7. The van der Waals surface area contributed by atoms with Crippen LogP contribution in [-0.2, 0) is 5.41 Å². The van der Waals surface area contributed by atoms with Crippen LogP contribution in [-0.4, -0.2) is 0 Å². The molecule has 2 unspecified atom stereocenters.